The Hall–Kier alpha value is -3.00. The van der Waals surface area contributed by atoms with Gasteiger partial charge in [0.15, 0.2) is 0 Å². The fourth-order valence-electron chi connectivity index (χ4n) is 3.80. The first kappa shape index (κ1) is 19.8. The van der Waals surface area contributed by atoms with Gasteiger partial charge in [0.25, 0.3) is 5.91 Å². The zero-order valence-electron chi connectivity index (χ0n) is 17.0. The van der Waals surface area contributed by atoms with Crippen molar-refractivity contribution < 1.29 is 4.79 Å². The van der Waals surface area contributed by atoms with E-state index in [1.165, 1.54) is 12.8 Å². The number of aromatic nitrogens is 1. The van der Waals surface area contributed by atoms with Gasteiger partial charge in [-0.1, -0.05) is 13.0 Å². The molecule has 0 atom stereocenters. The molecule has 0 aliphatic carbocycles. The summed E-state index contributed by atoms with van der Waals surface area (Å²) >= 11 is 0. The molecule has 2 heterocycles. The quantitative estimate of drug-likeness (QED) is 0.589. The molecule has 28 heavy (non-hydrogen) atoms. The van der Waals surface area contributed by atoms with Crippen molar-refractivity contribution in [2.45, 2.75) is 46.6 Å². The van der Waals surface area contributed by atoms with Gasteiger partial charge in [-0.25, -0.2) is 0 Å². The van der Waals surface area contributed by atoms with Crippen LogP contribution in [0.3, 0.4) is 0 Å². The number of nitrogens with one attached hydrogen (secondary N) is 1. The van der Waals surface area contributed by atoms with Crippen LogP contribution in [0.5, 0.6) is 0 Å². The molecular formula is C23H28N4O. The Morgan fingerprint density at radius 1 is 1.25 bits per heavy atom. The van der Waals surface area contributed by atoms with Gasteiger partial charge in [0, 0.05) is 42.4 Å². The lowest BCUT2D eigenvalue weighted by atomic mass is 10.1. The maximum atomic E-state index is 12.7. The van der Waals surface area contributed by atoms with Crippen LogP contribution in [0.15, 0.2) is 35.9 Å². The predicted molar refractivity (Wildman–Crippen MR) is 114 cm³/mol. The van der Waals surface area contributed by atoms with E-state index in [4.69, 9.17) is 0 Å². The van der Waals surface area contributed by atoms with Crippen molar-refractivity contribution >= 4 is 23.4 Å². The fourth-order valence-corrected chi connectivity index (χ4v) is 3.80. The number of amides is 1. The molecule has 1 fully saturated rings. The van der Waals surface area contributed by atoms with Crippen LogP contribution in [0.4, 0.5) is 11.4 Å². The van der Waals surface area contributed by atoms with Crippen molar-refractivity contribution in [1.29, 1.82) is 5.26 Å². The minimum Gasteiger partial charge on any atom is -0.371 e. The molecule has 0 unspecified atom stereocenters. The monoisotopic (exact) mass is 376 g/mol. The molecule has 5 heteroatoms. The van der Waals surface area contributed by atoms with Gasteiger partial charge in [0.1, 0.15) is 11.6 Å². The molecule has 1 N–H and O–H groups in total. The Labute approximate surface area is 167 Å². The number of carbonyl (C=O) groups excluding carboxylic acids is 1. The average molecular weight is 377 g/mol. The van der Waals surface area contributed by atoms with Gasteiger partial charge in [-0.05, 0) is 69.0 Å². The molecule has 146 valence electrons. The number of benzene rings is 1. The highest BCUT2D eigenvalue weighted by Gasteiger charge is 2.15. The lowest BCUT2D eigenvalue weighted by Crippen LogP contribution is -2.18. The van der Waals surface area contributed by atoms with E-state index in [9.17, 15) is 10.1 Å². The van der Waals surface area contributed by atoms with Crippen molar-refractivity contribution in [2.24, 2.45) is 0 Å². The second-order valence-corrected chi connectivity index (χ2v) is 7.35. The molecule has 1 aromatic carbocycles. The molecule has 1 aromatic heterocycles. The molecule has 2 aromatic rings. The maximum Gasteiger partial charge on any atom is 0.266 e. The van der Waals surface area contributed by atoms with E-state index in [-0.39, 0.29) is 11.5 Å². The van der Waals surface area contributed by atoms with E-state index in [0.717, 1.165) is 48.7 Å². The topological polar surface area (TPSA) is 61.1 Å². The standard InChI is InChI=1S/C23H28N4O/c1-4-10-27-17(2)13-19(18(27)3)14-20(16-24)23(28)25-21-8-7-9-22(15-21)26-11-5-6-12-26/h7-9,13-15H,4-6,10-12H2,1-3H3,(H,25,28)/b20-14-. The second kappa shape index (κ2) is 8.79. The second-order valence-electron chi connectivity index (χ2n) is 7.35. The van der Waals surface area contributed by atoms with Crippen LogP contribution in [0.2, 0.25) is 0 Å². The minimum absolute atomic E-state index is 0.114. The van der Waals surface area contributed by atoms with Gasteiger partial charge >= 0.3 is 0 Å². The van der Waals surface area contributed by atoms with Crippen LogP contribution < -0.4 is 10.2 Å². The van der Waals surface area contributed by atoms with Crippen molar-refractivity contribution in [3.63, 3.8) is 0 Å². The van der Waals surface area contributed by atoms with Crippen LogP contribution in [0, 0.1) is 25.2 Å². The van der Waals surface area contributed by atoms with Gasteiger partial charge in [-0.2, -0.15) is 5.26 Å². The lowest BCUT2D eigenvalue weighted by Gasteiger charge is -2.18. The SMILES string of the molecule is CCCn1c(C)cc(/C=C(/C#N)C(=O)Nc2cccc(N3CCCC3)c2)c1C. The van der Waals surface area contributed by atoms with Crippen molar-refractivity contribution in [2.75, 3.05) is 23.3 Å². The van der Waals surface area contributed by atoms with Gasteiger partial charge < -0.3 is 14.8 Å². The number of aryl methyl sites for hydroxylation is 1. The molecule has 1 aliphatic rings. The number of hydrogen-bond donors (Lipinski definition) is 1. The minimum atomic E-state index is -0.374. The summed E-state index contributed by atoms with van der Waals surface area (Å²) in [7, 11) is 0. The number of rotatable bonds is 6. The molecule has 1 saturated heterocycles. The van der Waals surface area contributed by atoms with E-state index >= 15 is 0 Å². The summed E-state index contributed by atoms with van der Waals surface area (Å²) in [5, 5.41) is 12.4. The van der Waals surface area contributed by atoms with Crippen molar-refractivity contribution in [1.82, 2.24) is 4.57 Å². The van der Waals surface area contributed by atoms with Gasteiger partial charge in [-0.15, -0.1) is 0 Å². The van der Waals surface area contributed by atoms with Crippen molar-refractivity contribution in [3.05, 3.63) is 52.9 Å². The fraction of sp³-hybridized carbons (Fsp3) is 0.391. The first-order valence-corrected chi connectivity index (χ1v) is 9.98. The van der Waals surface area contributed by atoms with Crippen LogP contribution in [0.25, 0.3) is 6.08 Å². The third-order valence-corrected chi connectivity index (χ3v) is 5.30. The third kappa shape index (κ3) is 4.28. The number of carbonyl (C=O) groups is 1. The van der Waals surface area contributed by atoms with Crippen LogP contribution >= 0.6 is 0 Å². The van der Waals surface area contributed by atoms with Crippen LogP contribution in [-0.4, -0.2) is 23.6 Å². The summed E-state index contributed by atoms with van der Waals surface area (Å²) in [6.45, 7) is 9.25. The third-order valence-electron chi connectivity index (χ3n) is 5.30. The molecule has 0 saturated carbocycles. The summed E-state index contributed by atoms with van der Waals surface area (Å²) in [6, 6.07) is 11.9. The Bertz CT molecular complexity index is 927. The Morgan fingerprint density at radius 2 is 2.00 bits per heavy atom. The smallest absolute Gasteiger partial charge is 0.266 e. The molecular weight excluding hydrogens is 348 g/mol. The summed E-state index contributed by atoms with van der Waals surface area (Å²) in [6.07, 6.45) is 5.13. The number of anilines is 2. The highest BCUT2D eigenvalue weighted by molar-refractivity contribution is 6.09. The highest BCUT2D eigenvalue weighted by Crippen LogP contribution is 2.24. The number of nitrogens with zero attached hydrogens (tertiary/aromatic N) is 3. The summed E-state index contributed by atoms with van der Waals surface area (Å²) in [5.74, 6) is -0.374. The Kier molecular flexibility index (Phi) is 6.20. The molecule has 3 rings (SSSR count). The van der Waals surface area contributed by atoms with E-state index < -0.39 is 0 Å². The van der Waals surface area contributed by atoms with E-state index in [0.29, 0.717) is 5.69 Å². The van der Waals surface area contributed by atoms with Gasteiger partial charge in [-0.3, -0.25) is 4.79 Å². The summed E-state index contributed by atoms with van der Waals surface area (Å²) in [4.78, 5) is 15.0. The molecule has 0 radical (unpaired) electrons. The zero-order chi connectivity index (χ0) is 20.1. The first-order valence-electron chi connectivity index (χ1n) is 9.98. The molecule has 0 spiro atoms. The molecule has 1 amide bonds. The van der Waals surface area contributed by atoms with E-state index in [1.807, 2.05) is 31.2 Å². The lowest BCUT2D eigenvalue weighted by molar-refractivity contribution is -0.112. The number of nitriles is 1. The maximum absolute atomic E-state index is 12.7. The van der Waals surface area contributed by atoms with Crippen LogP contribution in [-0.2, 0) is 11.3 Å². The zero-order valence-corrected chi connectivity index (χ0v) is 17.0. The summed E-state index contributed by atoms with van der Waals surface area (Å²) < 4.78 is 2.22. The molecule has 1 aliphatic heterocycles. The summed E-state index contributed by atoms with van der Waals surface area (Å²) in [5.41, 5.74) is 5.08. The number of hydrogen-bond acceptors (Lipinski definition) is 3. The van der Waals surface area contributed by atoms with Crippen LogP contribution in [0.1, 0.15) is 43.1 Å². The Balaban J connectivity index is 1.79. The highest BCUT2D eigenvalue weighted by atomic mass is 16.1. The first-order chi connectivity index (χ1) is 13.5. The Morgan fingerprint density at radius 3 is 2.68 bits per heavy atom. The molecule has 0 bridgehead atoms. The molecule has 5 nitrogen and oxygen atoms in total. The van der Waals surface area contributed by atoms with Crippen molar-refractivity contribution in [3.8, 4) is 6.07 Å². The van der Waals surface area contributed by atoms with Gasteiger partial charge in [0.05, 0.1) is 0 Å². The largest absolute Gasteiger partial charge is 0.371 e. The normalized spacial score (nSPS) is 14.2. The van der Waals surface area contributed by atoms with Gasteiger partial charge in [0.2, 0.25) is 0 Å². The predicted octanol–water partition coefficient (Wildman–Crippen LogP) is 4.66. The van der Waals surface area contributed by atoms with E-state index in [1.54, 1.807) is 6.08 Å². The van der Waals surface area contributed by atoms with E-state index in [2.05, 4.69) is 40.8 Å². The average Bonchev–Trinajstić information content (AvgIpc) is 3.31.